The number of rotatable bonds is 4. The molecule has 2 N–H and O–H groups in total. The molecule has 7 nitrogen and oxygen atoms in total. The normalized spacial score (nSPS) is 15.8. The minimum atomic E-state index is -0.392. The molecule has 0 spiro atoms. The lowest BCUT2D eigenvalue weighted by molar-refractivity contribution is 0.392. The van der Waals surface area contributed by atoms with E-state index in [0.717, 1.165) is 28.3 Å². The van der Waals surface area contributed by atoms with Crippen molar-refractivity contribution in [1.82, 2.24) is 5.43 Å². The molecule has 1 atom stereocenters. The van der Waals surface area contributed by atoms with E-state index in [-0.39, 0.29) is 11.8 Å². The van der Waals surface area contributed by atoms with Crippen LogP contribution in [0.4, 0.5) is 0 Å². The summed E-state index contributed by atoms with van der Waals surface area (Å²) in [6.07, 6.45) is 0.554. The van der Waals surface area contributed by atoms with E-state index < -0.39 is 5.63 Å². The van der Waals surface area contributed by atoms with Crippen molar-refractivity contribution >= 4 is 16.7 Å². The summed E-state index contributed by atoms with van der Waals surface area (Å²) in [5.41, 5.74) is 7.41. The van der Waals surface area contributed by atoms with Crippen molar-refractivity contribution in [3.05, 3.63) is 62.5 Å². The molecule has 3 aromatic rings. The first-order valence-corrected chi connectivity index (χ1v) is 9.66. The maximum atomic E-state index is 12.0. The van der Waals surface area contributed by atoms with Gasteiger partial charge < -0.3 is 24.4 Å². The molecule has 30 heavy (non-hydrogen) atoms. The zero-order chi connectivity index (χ0) is 21.6. The van der Waals surface area contributed by atoms with Crippen LogP contribution in [-0.2, 0) is 0 Å². The molecule has 156 valence electrons. The molecule has 0 aliphatic carbocycles. The van der Waals surface area contributed by atoms with Crippen LogP contribution in [-0.4, -0.2) is 25.0 Å². The zero-order valence-corrected chi connectivity index (χ0v) is 17.6. The molecule has 1 aliphatic rings. The number of fused-ring (bicyclic) bond motifs is 1. The number of aryl methyl sites for hydroxylation is 2. The van der Waals surface area contributed by atoms with Crippen molar-refractivity contribution in [3.8, 4) is 17.2 Å². The molecule has 7 heteroatoms. The SMILES string of the molecule is COc1ccc(OC)c(C2CC(c3c(C)cc4oc(=O)c(C)c(C)c4c3O)=NN2)c1. The quantitative estimate of drug-likeness (QED) is 0.637. The van der Waals surface area contributed by atoms with Gasteiger partial charge in [0.1, 0.15) is 22.8 Å². The highest BCUT2D eigenvalue weighted by Crippen LogP contribution is 2.39. The number of benzene rings is 2. The first-order valence-electron chi connectivity index (χ1n) is 9.66. The Morgan fingerprint density at radius 1 is 1.13 bits per heavy atom. The summed E-state index contributed by atoms with van der Waals surface area (Å²) < 4.78 is 16.3. The largest absolute Gasteiger partial charge is 0.506 e. The molecule has 1 unspecified atom stereocenters. The number of hydrogen-bond acceptors (Lipinski definition) is 7. The first kappa shape index (κ1) is 19.8. The Hall–Kier alpha value is -3.48. The van der Waals surface area contributed by atoms with Gasteiger partial charge >= 0.3 is 5.63 Å². The number of hydrazone groups is 1. The Balaban J connectivity index is 1.77. The Kier molecular flexibility index (Phi) is 4.89. The third-order valence-electron chi connectivity index (χ3n) is 5.76. The first-order chi connectivity index (χ1) is 14.3. The molecule has 0 radical (unpaired) electrons. The van der Waals surface area contributed by atoms with E-state index in [1.165, 1.54) is 0 Å². The zero-order valence-electron chi connectivity index (χ0n) is 17.6. The van der Waals surface area contributed by atoms with Gasteiger partial charge in [0.15, 0.2) is 0 Å². The average Bonchev–Trinajstić information content (AvgIpc) is 3.20. The molecular formula is C23H24N2O5. The van der Waals surface area contributed by atoms with Gasteiger partial charge in [0, 0.05) is 23.1 Å². The van der Waals surface area contributed by atoms with Crippen LogP contribution in [0, 0.1) is 20.8 Å². The van der Waals surface area contributed by atoms with E-state index in [4.69, 9.17) is 13.9 Å². The number of nitrogens with one attached hydrogen (secondary N) is 1. The summed E-state index contributed by atoms with van der Waals surface area (Å²) in [4.78, 5) is 12.0. The molecule has 0 bridgehead atoms. The van der Waals surface area contributed by atoms with E-state index >= 15 is 0 Å². The summed E-state index contributed by atoms with van der Waals surface area (Å²) in [6, 6.07) is 7.28. The van der Waals surface area contributed by atoms with Crippen LogP contribution in [0.1, 0.15) is 40.3 Å². The molecule has 0 saturated carbocycles. The molecule has 1 aromatic heterocycles. The van der Waals surface area contributed by atoms with Crippen LogP contribution in [0.2, 0.25) is 0 Å². The third-order valence-corrected chi connectivity index (χ3v) is 5.76. The summed E-state index contributed by atoms with van der Waals surface area (Å²) >= 11 is 0. The number of nitrogens with zero attached hydrogens (tertiary/aromatic N) is 1. The van der Waals surface area contributed by atoms with Crippen molar-refractivity contribution in [3.63, 3.8) is 0 Å². The highest BCUT2D eigenvalue weighted by atomic mass is 16.5. The topological polar surface area (TPSA) is 93.3 Å². The van der Waals surface area contributed by atoms with Gasteiger partial charge in [0.05, 0.1) is 31.4 Å². The second-order valence-electron chi connectivity index (χ2n) is 7.48. The fourth-order valence-electron chi connectivity index (χ4n) is 3.98. The number of aromatic hydroxyl groups is 1. The molecular weight excluding hydrogens is 384 g/mol. The minimum absolute atomic E-state index is 0.0770. The predicted octanol–water partition coefficient (Wildman–Crippen LogP) is 3.88. The molecule has 4 rings (SSSR count). The van der Waals surface area contributed by atoms with Gasteiger partial charge in [-0.05, 0) is 56.2 Å². The summed E-state index contributed by atoms with van der Waals surface area (Å²) in [6.45, 7) is 5.37. The van der Waals surface area contributed by atoms with E-state index in [9.17, 15) is 9.90 Å². The Morgan fingerprint density at radius 2 is 1.90 bits per heavy atom. The minimum Gasteiger partial charge on any atom is -0.506 e. The predicted molar refractivity (Wildman–Crippen MR) is 115 cm³/mol. The standard InChI is InChI=1S/C23H24N2O5/c1-11-8-19-21(12(2)13(3)23(27)30-19)22(26)20(11)17-10-16(24-25-17)15-9-14(28-4)6-7-18(15)29-5/h6-9,16,24,26H,10H2,1-5H3. The van der Waals surface area contributed by atoms with Gasteiger partial charge in [-0.15, -0.1) is 0 Å². The van der Waals surface area contributed by atoms with Gasteiger partial charge in [-0.1, -0.05) is 0 Å². The number of hydrogen-bond donors (Lipinski definition) is 2. The molecule has 0 saturated heterocycles. The lowest BCUT2D eigenvalue weighted by Crippen LogP contribution is -2.12. The van der Waals surface area contributed by atoms with Crippen molar-refractivity contribution in [2.75, 3.05) is 14.2 Å². The van der Waals surface area contributed by atoms with Crippen LogP contribution in [0.15, 0.2) is 38.6 Å². The summed E-state index contributed by atoms with van der Waals surface area (Å²) in [5, 5.41) is 16.2. The van der Waals surface area contributed by atoms with E-state index in [1.807, 2.05) is 32.0 Å². The second kappa shape index (κ2) is 7.40. The van der Waals surface area contributed by atoms with Crippen LogP contribution in [0.25, 0.3) is 11.0 Å². The third kappa shape index (κ3) is 3.07. The fourth-order valence-corrected chi connectivity index (χ4v) is 3.98. The van der Waals surface area contributed by atoms with Gasteiger partial charge in [-0.2, -0.15) is 5.10 Å². The van der Waals surface area contributed by atoms with E-state index in [0.29, 0.717) is 34.1 Å². The fraction of sp³-hybridized carbons (Fsp3) is 0.304. The monoisotopic (exact) mass is 408 g/mol. The van der Waals surface area contributed by atoms with Crippen LogP contribution in [0.3, 0.4) is 0 Å². The average molecular weight is 408 g/mol. The smallest absolute Gasteiger partial charge is 0.339 e. The lowest BCUT2D eigenvalue weighted by atomic mass is 9.92. The van der Waals surface area contributed by atoms with Crippen LogP contribution >= 0.6 is 0 Å². The van der Waals surface area contributed by atoms with Gasteiger partial charge in [-0.25, -0.2) is 4.79 Å². The maximum absolute atomic E-state index is 12.0. The van der Waals surface area contributed by atoms with Crippen molar-refractivity contribution in [2.45, 2.75) is 33.2 Å². The lowest BCUT2D eigenvalue weighted by Gasteiger charge is -2.16. The number of ether oxygens (including phenoxy) is 2. The Morgan fingerprint density at radius 3 is 2.60 bits per heavy atom. The van der Waals surface area contributed by atoms with E-state index in [1.54, 1.807) is 27.2 Å². The molecule has 2 aromatic carbocycles. The summed E-state index contributed by atoms with van der Waals surface area (Å²) in [7, 11) is 3.25. The molecule has 1 aliphatic heterocycles. The van der Waals surface area contributed by atoms with Crippen molar-refractivity contribution in [1.29, 1.82) is 0 Å². The maximum Gasteiger partial charge on any atom is 0.339 e. The van der Waals surface area contributed by atoms with Gasteiger partial charge in [0.2, 0.25) is 0 Å². The van der Waals surface area contributed by atoms with Crippen molar-refractivity contribution < 1.29 is 19.0 Å². The van der Waals surface area contributed by atoms with Crippen LogP contribution in [0.5, 0.6) is 17.2 Å². The number of phenolic OH excluding ortho intramolecular Hbond substituents is 1. The number of methoxy groups -OCH3 is 2. The Labute approximate surface area is 173 Å². The summed E-state index contributed by atoms with van der Waals surface area (Å²) in [5.74, 6) is 1.54. The molecule has 0 amide bonds. The Bertz CT molecular complexity index is 1240. The van der Waals surface area contributed by atoms with Crippen molar-refractivity contribution in [2.24, 2.45) is 5.10 Å². The van der Waals surface area contributed by atoms with Crippen LogP contribution < -0.4 is 20.5 Å². The second-order valence-corrected chi connectivity index (χ2v) is 7.48. The van der Waals surface area contributed by atoms with Gasteiger partial charge in [0.25, 0.3) is 0 Å². The molecule has 0 fully saturated rings. The molecule has 2 heterocycles. The highest BCUT2D eigenvalue weighted by Gasteiger charge is 2.28. The number of phenols is 1. The highest BCUT2D eigenvalue weighted by molar-refractivity contribution is 6.09. The van der Waals surface area contributed by atoms with Gasteiger partial charge in [-0.3, -0.25) is 0 Å². The van der Waals surface area contributed by atoms with E-state index in [2.05, 4.69) is 10.5 Å².